The van der Waals surface area contributed by atoms with E-state index in [1.54, 1.807) is 5.70 Å². The van der Waals surface area contributed by atoms with Crippen molar-refractivity contribution in [1.29, 1.82) is 0 Å². The van der Waals surface area contributed by atoms with Gasteiger partial charge in [0.1, 0.15) is 0 Å². The fraction of sp³-hybridized carbons (Fsp3) is 0.846. The standard InChI is InChI=1S/C13H26N2/c1-9(2)12-13(10(3)4)15(11(5)6)8-14(12)7/h9-11H,8H2,1-7H3. The monoisotopic (exact) mass is 210 g/mol. The molecule has 1 heterocycles. The Balaban J connectivity index is 3.10. The maximum Gasteiger partial charge on any atom is 0.0898 e. The number of hydrogen-bond acceptors (Lipinski definition) is 2. The molecule has 0 aromatic carbocycles. The second-order valence-electron chi connectivity index (χ2n) is 5.48. The summed E-state index contributed by atoms with van der Waals surface area (Å²) in [4.78, 5) is 4.93. The van der Waals surface area contributed by atoms with Crippen LogP contribution in [0.15, 0.2) is 11.4 Å². The SMILES string of the molecule is CC(C)C1=C(C(C)C)N(C(C)C)CN1C. The molecule has 0 atom stereocenters. The number of hydrogen-bond donors (Lipinski definition) is 0. The lowest BCUT2D eigenvalue weighted by molar-refractivity contribution is 0.220. The van der Waals surface area contributed by atoms with Crippen LogP contribution in [0.25, 0.3) is 0 Å². The molecule has 1 aliphatic heterocycles. The van der Waals surface area contributed by atoms with Crippen LogP contribution in [-0.2, 0) is 0 Å². The molecule has 88 valence electrons. The summed E-state index contributed by atoms with van der Waals surface area (Å²) >= 11 is 0. The third kappa shape index (κ3) is 2.30. The van der Waals surface area contributed by atoms with Crippen molar-refractivity contribution in [2.24, 2.45) is 11.8 Å². The zero-order valence-electron chi connectivity index (χ0n) is 11.3. The van der Waals surface area contributed by atoms with E-state index in [9.17, 15) is 0 Å². The molecule has 0 fully saturated rings. The van der Waals surface area contributed by atoms with Gasteiger partial charge in [-0.25, -0.2) is 0 Å². The maximum absolute atomic E-state index is 2.53. The molecule has 1 rings (SSSR count). The number of nitrogens with zero attached hydrogens (tertiary/aromatic N) is 2. The second-order valence-corrected chi connectivity index (χ2v) is 5.48. The minimum Gasteiger partial charge on any atom is -0.359 e. The van der Waals surface area contributed by atoms with Crippen molar-refractivity contribution in [3.63, 3.8) is 0 Å². The first-order valence-corrected chi connectivity index (χ1v) is 6.08. The largest absolute Gasteiger partial charge is 0.359 e. The van der Waals surface area contributed by atoms with E-state index in [4.69, 9.17) is 0 Å². The van der Waals surface area contributed by atoms with Crippen LogP contribution in [-0.4, -0.2) is 29.6 Å². The first kappa shape index (κ1) is 12.4. The second kappa shape index (κ2) is 4.46. The van der Waals surface area contributed by atoms with Crippen molar-refractivity contribution in [2.45, 2.75) is 47.6 Å². The highest BCUT2D eigenvalue weighted by Gasteiger charge is 2.30. The van der Waals surface area contributed by atoms with Crippen molar-refractivity contribution >= 4 is 0 Å². The van der Waals surface area contributed by atoms with Gasteiger partial charge in [0, 0.05) is 24.5 Å². The van der Waals surface area contributed by atoms with Gasteiger partial charge in [0.2, 0.25) is 0 Å². The van der Waals surface area contributed by atoms with Crippen LogP contribution in [0.5, 0.6) is 0 Å². The number of rotatable bonds is 3. The van der Waals surface area contributed by atoms with Crippen LogP contribution >= 0.6 is 0 Å². The van der Waals surface area contributed by atoms with E-state index in [-0.39, 0.29) is 0 Å². The molecule has 0 aromatic heterocycles. The Morgan fingerprint density at radius 2 is 1.33 bits per heavy atom. The smallest absolute Gasteiger partial charge is 0.0898 e. The molecule has 0 unspecified atom stereocenters. The molecule has 2 nitrogen and oxygen atoms in total. The van der Waals surface area contributed by atoms with E-state index in [1.807, 2.05) is 0 Å². The van der Waals surface area contributed by atoms with Gasteiger partial charge >= 0.3 is 0 Å². The van der Waals surface area contributed by atoms with Gasteiger partial charge in [-0.2, -0.15) is 0 Å². The topological polar surface area (TPSA) is 6.48 Å². The van der Waals surface area contributed by atoms with Crippen molar-refractivity contribution in [2.75, 3.05) is 13.7 Å². The Hall–Kier alpha value is -0.660. The van der Waals surface area contributed by atoms with Crippen LogP contribution in [0.4, 0.5) is 0 Å². The molecule has 0 aliphatic carbocycles. The molecule has 1 aliphatic rings. The molecule has 0 bridgehead atoms. The average molecular weight is 210 g/mol. The Morgan fingerprint density at radius 3 is 1.67 bits per heavy atom. The summed E-state index contributed by atoms with van der Waals surface area (Å²) in [6, 6.07) is 0.598. The molecule has 15 heavy (non-hydrogen) atoms. The van der Waals surface area contributed by atoms with Gasteiger partial charge in [-0.05, 0) is 25.7 Å². The highest BCUT2D eigenvalue weighted by Crippen LogP contribution is 2.33. The molecule has 0 radical (unpaired) electrons. The number of allylic oxidation sites excluding steroid dienone is 2. The Bertz CT molecular complexity index is 251. The minimum absolute atomic E-state index is 0.598. The summed E-state index contributed by atoms with van der Waals surface area (Å²) in [6.07, 6.45) is 0. The van der Waals surface area contributed by atoms with Crippen LogP contribution < -0.4 is 0 Å². The summed E-state index contributed by atoms with van der Waals surface area (Å²) in [7, 11) is 2.21. The van der Waals surface area contributed by atoms with Crippen molar-refractivity contribution in [3.05, 3.63) is 11.4 Å². The molecule has 0 saturated heterocycles. The lowest BCUT2D eigenvalue weighted by Gasteiger charge is -2.28. The molecule has 0 amide bonds. The molecule has 0 spiro atoms. The zero-order valence-corrected chi connectivity index (χ0v) is 11.3. The molecule has 0 aromatic rings. The predicted octanol–water partition coefficient (Wildman–Crippen LogP) is 3.12. The lowest BCUT2D eigenvalue weighted by atomic mass is 10.0. The molecule has 0 N–H and O–H groups in total. The van der Waals surface area contributed by atoms with E-state index in [2.05, 4.69) is 58.4 Å². The van der Waals surface area contributed by atoms with Gasteiger partial charge in [-0.1, -0.05) is 27.7 Å². The van der Waals surface area contributed by atoms with E-state index in [0.717, 1.165) is 6.67 Å². The normalized spacial score (nSPS) is 18.0. The zero-order chi connectivity index (χ0) is 11.7. The van der Waals surface area contributed by atoms with Gasteiger partial charge in [0.25, 0.3) is 0 Å². The fourth-order valence-corrected chi connectivity index (χ4v) is 2.53. The molecular weight excluding hydrogens is 184 g/mol. The Labute approximate surface area is 94.9 Å². The highest BCUT2D eigenvalue weighted by molar-refractivity contribution is 5.21. The lowest BCUT2D eigenvalue weighted by Crippen LogP contribution is -2.32. The van der Waals surface area contributed by atoms with Gasteiger partial charge < -0.3 is 9.80 Å². The van der Waals surface area contributed by atoms with Gasteiger partial charge in [-0.3, -0.25) is 0 Å². The first-order chi connectivity index (χ1) is 6.86. The Morgan fingerprint density at radius 1 is 0.867 bits per heavy atom. The third-order valence-electron chi connectivity index (χ3n) is 3.06. The maximum atomic E-state index is 2.53. The first-order valence-electron chi connectivity index (χ1n) is 6.08. The third-order valence-corrected chi connectivity index (χ3v) is 3.06. The molecular formula is C13H26N2. The van der Waals surface area contributed by atoms with Crippen LogP contribution in [0.3, 0.4) is 0 Å². The van der Waals surface area contributed by atoms with Crippen molar-refractivity contribution in [1.82, 2.24) is 9.80 Å². The van der Waals surface area contributed by atoms with Crippen molar-refractivity contribution < 1.29 is 0 Å². The quantitative estimate of drug-likeness (QED) is 0.706. The van der Waals surface area contributed by atoms with Crippen LogP contribution in [0.1, 0.15) is 41.5 Å². The summed E-state index contributed by atoms with van der Waals surface area (Å²) in [5.41, 5.74) is 3.07. The summed E-state index contributed by atoms with van der Waals surface area (Å²) in [6.45, 7) is 14.8. The van der Waals surface area contributed by atoms with Gasteiger partial charge in [0.05, 0.1) is 6.67 Å². The van der Waals surface area contributed by atoms with E-state index < -0.39 is 0 Å². The van der Waals surface area contributed by atoms with Crippen molar-refractivity contribution in [3.8, 4) is 0 Å². The average Bonchev–Trinajstić information content (AvgIpc) is 2.42. The van der Waals surface area contributed by atoms with E-state index in [1.165, 1.54) is 5.70 Å². The minimum atomic E-state index is 0.598. The summed E-state index contributed by atoms with van der Waals surface area (Å²) in [5, 5.41) is 0. The summed E-state index contributed by atoms with van der Waals surface area (Å²) < 4.78 is 0. The molecule has 0 saturated carbocycles. The highest BCUT2D eigenvalue weighted by atomic mass is 15.4. The van der Waals surface area contributed by atoms with Gasteiger partial charge in [0.15, 0.2) is 0 Å². The molecule has 2 heteroatoms. The van der Waals surface area contributed by atoms with E-state index in [0.29, 0.717) is 17.9 Å². The van der Waals surface area contributed by atoms with Gasteiger partial charge in [-0.15, -0.1) is 0 Å². The Kier molecular flexibility index (Phi) is 3.69. The van der Waals surface area contributed by atoms with Crippen LogP contribution in [0.2, 0.25) is 0 Å². The fourth-order valence-electron chi connectivity index (χ4n) is 2.53. The predicted molar refractivity (Wildman–Crippen MR) is 66.3 cm³/mol. The summed E-state index contributed by atoms with van der Waals surface area (Å²) in [5.74, 6) is 1.24. The van der Waals surface area contributed by atoms with E-state index >= 15 is 0 Å². The van der Waals surface area contributed by atoms with Crippen LogP contribution in [0, 0.1) is 11.8 Å².